The van der Waals surface area contributed by atoms with Gasteiger partial charge in [0, 0.05) is 24.5 Å². The quantitative estimate of drug-likeness (QED) is 0.520. The minimum absolute atomic E-state index is 0.130. The Morgan fingerprint density at radius 3 is 2.58 bits per heavy atom. The van der Waals surface area contributed by atoms with Crippen molar-refractivity contribution >= 4 is 27.7 Å². The van der Waals surface area contributed by atoms with E-state index in [4.69, 9.17) is 4.98 Å². The molecular formula is C25H26N4O2. The number of benzene rings is 2. The molecule has 0 unspecified atom stereocenters. The van der Waals surface area contributed by atoms with Crippen LogP contribution in [0.1, 0.15) is 42.6 Å². The van der Waals surface area contributed by atoms with Crippen LogP contribution in [-0.2, 0) is 7.05 Å². The lowest BCUT2D eigenvalue weighted by Gasteiger charge is -2.22. The van der Waals surface area contributed by atoms with Crippen molar-refractivity contribution in [3.8, 4) is 11.4 Å². The van der Waals surface area contributed by atoms with Gasteiger partial charge in [-0.25, -0.2) is 4.98 Å². The highest BCUT2D eigenvalue weighted by molar-refractivity contribution is 6.09. The molecule has 2 heterocycles. The van der Waals surface area contributed by atoms with E-state index < -0.39 is 0 Å². The van der Waals surface area contributed by atoms with E-state index in [1.807, 2.05) is 54.1 Å². The lowest BCUT2D eigenvalue weighted by atomic mass is 9.89. The number of para-hydroxylation sites is 2. The molecule has 1 aliphatic rings. The highest BCUT2D eigenvalue weighted by atomic mass is 16.2. The zero-order valence-corrected chi connectivity index (χ0v) is 17.6. The molecule has 1 fully saturated rings. The first-order chi connectivity index (χ1) is 15.1. The van der Waals surface area contributed by atoms with Gasteiger partial charge in [0.05, 0.1) is 16.5 Å². The number of carbonyl (C=O) groups is 1. The summed E-state index contributed by atoms with van der Waals surface area (Å²) < 4.78 is 1.90. The van der Waals surface area contributed by atoms with E-state index in [9.17, 15) is 9.59 Å². The molecule has 1 aliphatic carbocycles. The number of aromatic nitrogens is 3. The number of fused-ring (bicyclic) bond motifs is 2. The minimum atomic E-state index is -0.206. The Morgan fingerprint density at radius 2 is 1.77 bits per heavy atom. The SMILES string of the molecule is Cn1c(C(=O)NCC2CCCCC2)c(-c2nc3ccccc3c(=O)[nH]2)c2ccccc21. The summed E-state index contributed by atoms with van der Waals surface area (Å²) in [6, 6.07) is 15.1. The highest BCUT2D eigenvalue weighted by Crippen LogP contribution is 2.33. The van der Waals surface area contributed by atoms with Gasteiger partial charge in [-0.05, 0) is 37.0 Å². The van der Waals surface area contributed by atoms with Crippen molar-refractivity contribution < 1.29 is 4.79 Å². The molecule has 158 valence electrons. The van der Waals surface area contributed by atoms with E-state index in [1.165, 1.54) is 32.1 Å². The lowest BCUT2D eigenvalue weighted by Crippen LogP contribution is -2.31. The first-order valence-electron chi connectivity index (χ1n) is 11.0. The monoisotopic (exact) mass is 414 g/mol. The van der Waals surface area contributed by atoms with Crippen molar-refractivity contribution in [2.24, 2.45) is 13.0 Å². The number of carbonyl (C=O) groups excluding carboxylic acids is 1. The van der Waals surface area contributed by atoms with Crippen LogP contribution in [0.25, 0.3) is 33.2 Å². The Morgan fingerprint density at radius 1 is 1.06 bits per heavy atom. The van der Waals surface area contributed by atoms with Crippen molar-refractivity contribution in [2.75, 3.05) is 6.54 Å². The number of amides is 1. The molecule has 1 saturated carbocycles. The van der Waals surface area contributed by atoms with Crippen LogP contribution in [0.3, 0.4) is 0 Å². The Balaban J connectivity index is 1.62. The van der Waals surface area contributed by atoms with Gasteiger partial charge in [0.25, 0.3) is 11.5 Å². The van der Waals surface area contributed by atoms with Gasteiger partial charge in [-0.1, -0.05) is 49.6 Å². The van der Waals surface area contributed by atoms with Gasteiger partial charge in [0.2, 0.25) is 0 Å². The number of aromatic amines is 1. The third-order valence-corrected chi connectivity index (χ3v) is 6.45. The summed E-state index contributed by atoms with van der Waals surface area (Å²) in [5.41, 5.74) is 2.53. The predicted molar refractivity (Wildman–Crippen MR) is 123 cm³/mol. The van der Waals surface area contributed by atoms with E-state index in [2.05, 4.69) is 10.3 Å². The number of nitrogens with zero attached hydrogens (tertiary/aromatic N) is 2. The molecule has 0 saturated heterocycles. The molecule has 0 aliphatic heterocycles. The average molecular weight is 415 g/mol. The fraction of sp³-hybridized carbons (Fsp3) is 0.320. The van der Waals surface area contributed by atoms with Crippen molar-refractivity contribution in [3.05, 3.63) is 64.6 Å². The van der Waals surface area contributed by atoms with Crippen LogP contribution in [0.15, 0.2) is 53.3 Å². The molecule has 0 bridgehead atoms. The number of hydrogen-bond donors (Lipinski definition) is 2. The predicted octanol–water partition coefficient (Wildman–Crippen LogP) is 4.39. The second-order valence-corrected chi connectivity index (χ2v) is 8.45. The first-order valence-corrected chi connectivity index (χ1v) is 11.0. The van der Waals surface area contributed by atoms with Gasteiger partial charge < -0.3 is 14.9 Å². The Labute approximate surface area is 180 Å². The molecule has 0 spiro atoms. The number of rotatable bonds is 4. The largest absolute Gasteiger partial charge is 0.350 e. The molecule has 0 atom stereocenters. The third-order valence-electron chi connectivity index (χ3n) is 6.45. The van der Waals surface area contributed by atoms with Crippen LogP contribution in [0.2, 0.25) is 0 Å². The van der Waals surface area contributed by atoms with Crippen LogP contribution in [0.4, 0.5) is 0 Å². The van der Waals surface area contributed by atoms with Gasteiger partial charge in [-0.3, -0.25) is 9.59 Å². The topological polar surface area (TPSA) is 79.8 Å². The molecule has 5 rings (SSSR count). The summed E-state index contributed by atoms with van der Waals surface area (Å²) in [5, 5.41) is 4.58. The van der Waals surface area contributed by atoms with Gasteiger partial charge in [-0.2, -0.15) is 0 Å². The van der Waals surface area contributed by atoms with Crippen molar-refractivity contribution in [1.29, 1.82) is 0 Å². The van der Waals surface area contributed by atoms with Crippen molar-refractivity contribution in [3.63, 3.8) is 0 Å². The van der Waals surface area contributed by atoms with Crippen LogP contribution in [0, 0.1) is 5.92 Å². The Kier molecular flexibility index (Phi) is 5.06. The van der Waals surface area contributed by atoms with Crippen molar-refractivity contribution in [1.82, 2.24) is 19.9 Å². The average Bonchev–Trinajstić information content (AvgIpc) is 3.11. The maximum Gasteiger partial charge on any atom is 0.268 e. The van der Waals surface area contributed by atoms with Gasteiger partial charge >= 0.3 is 0 Å². The summed E-state index contributed by atoms with van der Waals surface area (Å²) in [6.07, 6.45) is 6.10. The normalized spacial score (nSPS) is 14.9. The minimum Gasteiger partial charge on any atom is -0.350 e. The summed E-state index contributed by atoms with van der Waals surface area (Å²) in [6.45, 7) is 0.682. The molecular weight excluding hydrogens is 388 g/mol. The van der Waals surface area contributed by atoms with E-state index in [1.54, 1.807) is 6.07 Å². The second-order valence-electron chi connectivity index (χ2n) is 8.45. The molecule has 6 heteroatoms. The van der Waals surface area contributed by atoms with Gasteiger partial charge in [-0.15, -0.1) is 0 Å². The number of hydrogen-bond acceptors (Lipinski definition) is 3. The summed E-state index contributed by atoms with van der Waals surface area (Å²) >= 11 is 0. The smallest absolute Gasteiger partial charge is 0.268 e. The summed E-state index contributed by atoms with van der Waals surface area (Å²) in [7, 11) is 1.89. The zero-order valence-electron chi connectivity index (χ0n) is 17.6. The molecule has 2 aromatic heterocycles. The molecule has 31 heavy (non-hydrogen) atoms. The van der Waals surface area contributed by atoms with Gasteiger partial charge in [0.15, 0.2) is 0 Å². The summed E-state index contributed by atoms with van der Waals surface area (Å²) in [5.74, 6) is 0.827. The molecule has 0 radical (unpaired) electrons. The molecule has 1 amide bonds. The van der Waals surface area contributed by atoms with E-state index in [-0.39, 0.29) is 11.5 Å². The molecule has 6 nitrogen and oxygen atoms in total. The van der Waals surface area contributed by atoms with E-state index in [0.29, 0.717) is 40.4 Å². The molecule has 4 aromatic rings. The number of nitrogens with one attached hydrogen (secondary N) is 2. The fourth-order valence-electron chi connectivity index (χ4n) is 4.82. The maximum atomic E-state index is 13.4. The number of H-pyrrole nitrogens is 1. The zero-order chi connectivity index (χ0) is 21.4. The standard InChI is InChI=1S/C25H26N4O2/c1-29-20-14-8-6-12-18(20)21(22(29)25(31)26-15-16-9-3-2-4-10-16)23-27-19-13-7-5-11-17(19)24(30)28-23/h5-8,11-14,16H,2-4,9-10,15H2,1H3,(H,26,31)(H,27,28,30). The second kappa shape index (κ2) is 8.02. The van der Waals surface area contributed by atoms with E-state index in [0.717, 1.165) is 10.9 Å². The first kappa shape index (κ1) is 19.5. The van der Waals surface area contributed by atoms with Crippen LogP contribution >= 0.6 is 0 Å². The number of aryl methyl sites for hydroxylation is 1. The molecule has 2 N–H and O–H groups in total. The van der Waals surface area contributed by atoms with Crippen LogP contribution in [0.5, 0.6) is 0 Å². The van der Waals surface area contributed by atoms with Crippen LogP contribution < -0.4 is 10.9 Å². The third kappa shape index (κ3) is 3.52. The fourth-order valence-corrected chi connectivity index (χ4v) is 4.82. The lowest BCUT2D eigenvalue weighted by molar-refractivity contribution is 0.0936. The highest BCUT2D eigenvalue weighted by Gasteiger charge is 2.25. The van der Waals surface area contributed by atoms with Crippen molar-refractivity contribution in [2.45, 2.75) is 32.1 Å². The van der Waals surface area contributed by atoms with Gasteiger partial charge in [0.1, 0.15) is 11.5 Å². The molecule has 2 aromatic carbocycles. The van der Waals surface area contributed by atoms with Crippen LogP contribution in [-0.4, -0.2) is 27.0 Å². The Hall–Kier alpha value is -3.41. The maximum absolute atomic E-state index is 13.4. The Bertz CT molecular complexity index is 1330. The van der Waals surface area contributed by atoms with E-state index >= 15 is 0 Å². The summed E-state index contributed by atoms with van der Waals surface area (Å²) in [4.78, 5) is 33.7.